The zero-order valence-corrected chi connectivity index (χ0v) is 15.1. The first-order valence-corrected chi connectivity index (χ1v) is 9.52. The SMILES string of the molecule is O=C1CSC(c2ccn(-c3ccc(Cl)cc3)c2)N1Cc1ccccc1. The first-order valence-electron chi connectivity index (χ1n) is 8.09. The smallest absolute Gasteiger partial charge is 0.234 e. The third kappa shape index (κ3) is 3.46. The Bertz CT molecular complexity index is 876. The van der Waals surface area contributed by atoms with Crippen LogP contribution in [0.3, 0.4) is 0 Å². The molecule has 0 aliphatic carbocycles. The number of carbonyl (C=O) groups excluding carboxylic acids is 1. The van der Waals surface area contributed by atoms with Gasteiger partial charge in [-0.1, -0.05) is 41.9 Å². The Morgan fingerprint density at radius 2 is 1.80 bits per heavy atom. The summed E-state index contributed by atoms with van der Waals surface area (Å²) in [6.07, 6.45) is 4.13. The highest BCUT2D eigenvalue weighted by Crippen LogP contribution is 2.40. The predicted molar refractivity (Wildman–Crippen MR) is 103 cm³/mol. The average Bonchev–Trinajstić information content (AvgIpc) is 3.24. The number of rotatable bonds is 4. The Morgan fingerprint density at radius 3 is 2.56 bits per heavy atom. The molecule has 25 heavy (non-hydrogen) atoms. The van der Waals surface area contributed by atoms with Gasteiger partial charge in [0.05, 0.1) is 5.75 Å². The van der Waals surface area contributed by atoms with Gasteiger partial charge >= 0.3 is 0 Å². The van der Waals surface area contributed by atoms with Gasteiger partial charge in [0.25, 0.3) is 0 Å². The molecule has 1 fully saturated rings. The van der Waals surface area contributed by atoms with Crippen molar-refractivity contribution >= 4 is 29.3 Å². The van der Waals surface area contributed by atoms with E-state index in [4.69, 9.17) is 11.6 Å². The van der Waals surface area contributed by atoms with Crippen LogP contribution in [-0.2, 0) is 11.3 Å². The number of aromatic nitrogens is 1. The summed E-state index contributed by atoms with van der Waals surface area (Å²) in [7, 11) is 0. The third-order valence-electron chi connectivity index (χ3n) is 4.29. The van der Waals surface area contributed by atoms with Crippen molar-refractivity contribution in [3.63, 3.8) is 0 Å². The van der Waals surface area contributed by atoms with Crippen molar-refractivity contribution in [1.29, 1.82) is 0 Å². The van der Waals surface area contributed by atoms with E-state index in [9.17, 15) is 4.79 Å². The van der Waals surface area contributed by atoms with Gasteiger partial charge in [0.2, 0.25) is 5.91 Å². The first kappa shape index (κ1) is 16.3. The minimum atomic E-state index is 0.0567. The Morgan fingerprint density at radius 1 is 1.04 bits per heavy atom. The second-order valence-electron chi connectivity index (χ2n) is 6.00. The molecule has 0 N–H and O–H groups in total. The van der Waals surface area contributed by atoms with Crippen LogP contribution >= 0.6 is 23.4 Å². The van der Waals surface area contributed by atoms with Crippen LogP contribution < -0.4 is 0 Å². The standard InChI is InChI=1S/C20H17ClN2OS/c21-17-6-8-18(9-7-17)22-11-10-16(13-22)20-23(19(24)14-25-20)12-15-4-2-1-3-5-15/h1-11,13,20H,12,14H2. The minimum Gasteiger partial charge on any atom is -0.323 e. The van der Waals surface area contributed by atoms with Crippen molar-refractivity contribution in [2.24, 2.45) is 0 Å². The number of carbonyl (C=O) groups is 1. The van der Waals surface area contributed by atoms with Crippen molar-refractivity contribution in [1.82, 2.24) is 9.47 Å². The van der Waals surface area contributed by atoms with Crippen molar-refractivity contribution < 1.29 is 4.79 Å². The van der Waals surface area contributed by atoms with Crippen molar-refractivity contribution in [2.75, 3.05) is 5.75 Å². The first-order chi connectivity index (χ1) is 12.2. The number of halogens is 1. The minimum absolute atomic E-state index is 0.0567. The fraction of sp³-hybridized carbons (Fsp3) is 0.150. The van der Waals surface area contributed by atoms with E-state index >= 15 is 0 Å². The third-order valence-corrected chi connectivity index (χ3v) is 5.80. The van der Waals surface area contributed by atoms with E-state index < -0.39 is 0 Å². The van der Waals surface area contributed by atoms with E-state index in [1.54, 1.807) is 11.8 Å². The molecule has 0 radical (unpaired) electrons. The molecule has 1 amide bonds. The zero-order chi connectivity index (χ0) is 17.2. The molecule has 1 saturated heterocycles. The van der Waals surface area contributed by atoms with E-state index in [2.05, 4.69) is 29.0 Å². The number of hydrogen-bond donors (Lipinski definition) is 0. The maximum absolute atomic E-state index is 12.4. The van der Waals surface area contributed by atoms with Crippen LogP contribution in [0, 0.1) is 0 Å². The Kier molecular flexibility index (Phi) is 4.55. The highest BCUT2D eigenvalue weighted by atomic mass is 35.5. The molecule has 126 valence electrons. The Labute approximate surface area is 156 Å². The summed E-state index contributed by atoms with van der Waals surface area (Å²) in [6.45, 7) is 0.642. The predicted octanol–water partition coefficient (Wildman–Crippen LogP) is 4.90. The lowest BCUT2D eigenvalue weighted by Crippen LogP contribution is -2.27. The fourth-order valence-electron chi connectivity index (χ4n) is 3.01. The highest BCUT2D eigenvalue weighted by molar-refractivity contribution is 8.00. The highest BCUT2D eigenvalue weighted by Gasteiger charge is 2.33. The number of benzene rings is 2. The van der Waals surface area contributed by atoms with Gasteiger partial charge in [-0.05, 0) is 35.9 Å². The molecule has 1 aliphatic rings. The van der Waals surface area contributed by atoms with Crippen LogP contribution in [0.25, 0.3) is 5.69 Å². The van der Waals surface area contributed by atoms with E-state index in [1.165, 1.54) is 0 Å². The van der Waals surface area contributed by atoms with E-state index in [0.717, 1.165) is 21.8 Å². The Hall–Kier alpha value is -2.17. The summed E-state index contributed by atoms with van der Waals surface area (Å²) >= 11 is 7.65. The molecule has 2 aromatic carbocycles. The fourth-order valence-corrected chi connectivity index (χ4v) is 4.31. The lowest BCUT2D eigenvalue weighted by atomic mass is 10.2. The van der Waals surface area contributed by atoms with Gasteiger partial charge in [0.15, 0.2) is 0 Å². The summed E-state index contributed by atoms with van der Waals surface area (Å²) < 4.78 is 2.07. The number of hydrogen-bond acceptors (Lipinski definition) is 2. The molecule has 1 unspecified atom stereocenters. The van der Waals surface area contributed by atoms with Crippen LogP contribution in [0.2, 0.25) is 5.02 Å². The molecule has 0 bridgehead atoms. The molecule has 3 aromatic rings. The molecule has 4 rings (SSSR count). The van der Waals surface area contributed by atoms with Crippen LogP contribution in [0.4, 0.5) is 0 Å². The molecule has 0 spiro atoms. The normalized spacial score (nSPS) is 17.2. The number of amides is 1. The summed E-state index contributed by atoms with van der Waals surface area (Å²) in [5.74, 6) is 0.724. The summed E-state index contributed by atoms with van der Waals surface area (Å²) in [4.78, 5) is 14.3. The molecule has 2 heterocycles. The summed E-state index contributed by atoms with van der Waals surface area (Å²) in [6, 6.07) is 20.0. The topological polar surface area (TPSA) is 25.2 Å². The van der Waals surface area contributed by atoms with Crippen LogP contribution in [0.1, 0.15) is 16.5 Å². The van der Waals surface area contributed by atoms with Gasteiger partial charge in [-0.2, -0.15) is 0 Å². The lowest BCUT2D eigenvalue weighted by molar-refractivity contribution is -0.128. The van der Waals surface area contributed by atoms with E-state index in [-0.39, 0.29) is 11.3 Å². The molecule has 1 aromatic heterocycles. The van der Waals surface area contributed by atoms with Crippen molar-refractivity contribution in [3.8, 4) is 5.69 Å². The average molecular weight is 369 g/mol. The monoisotopic (exact) mass is 368 g/mol. The maximum Gasteiger partial charge on any atom is 0.234 e. The van der Waals surface area contributed by atoms with Gasteiger partial charge in [0, 0.05) is 35.2 Å². The van der Waals surface area contributed by atoms with Gasteiger partial charge < -0.3 is 9.47 Å². The molecule has 1 aliphatic heterocycles. The van der Waals surface area contributed by atoms with Gasteiger partial charge in [-0.3, -0.25) is 4.79 Å². The van der Waals surface area contributed by atoms with E-state index in [0.29, 0.717) is 12.3 Å². The van der Waals surface area contributed by atoms with Crippen LogP contribution in [-0.4, -0.2) is 21.1 Å². The molecule has 1 atom stereocenters. The van der Waals surface area contributed by atoms with Gasteiger partial charge in [0.1, 0.15) is 5.37 Å². The lowest BCUT2D eigenvalue weighted by Gasteiger charge is -2.23. The largest absolute Gasteiger partial charge is 0.323 e. The number of nitrogens with zero attached hydrogens (tertiary/aromatic N) is 2. The molecular formula is C20H17ClN2OS. The van der Waals surface area contributed by atoms with Crippen LogP contribution in [0.5, 0.6) is 0 Å². The van der Waals surface area contributed by atoms with Crippen molar-refractivity contribution in [3.05, 3.63) is 89.2 Å². The van der Waals surface area contributed by atoms with Gasteiger partial charge in [-0.15, -0.1) is 11.8 Å². The molecule has 5 heteroatoms. The zero-order valence-electron chi connectivity index (χ0n) is 13.5. The molecule has 3 nitrogen and oxygen atoms in total. The summed E-state index contributed by atoms with van der Waals surface area (Å²) in [5.41, 5.74) is 3.35. The van der Waals surface area contributed by atoms with E-state index in [1.807, 2.05) is 53.6 Å². The molecule has 0 saturated carbocycles. The summed E-state index contributed by atoms with van der Waals surface area (Å²) in [5, 5.41) is 0.781. The van der Waals surface area contributed by atoms with Crippen LogP contribution in [0.15, 0.2) is 73.1 Å². The molecular weight excluding hydrogens is 352 g/mol. The quantitative estimate of drug-likeness (QED) is 0.654. The van der Waals surface area contributed by atoms with Crippen molar-refractivity contribution in [2.45, 2.75) is 11.9 Å². The number of thioether (sulfide) groups is 1. The maximum atomic E-state index is 12.4. The second kappa shape index (κ2) is 6.98. The van der Waals surface area contributed by atoms with Gasteiger partial charge in [-0.25, -0.2) is 0 Å². The second-order valence-corrected chi connectivity index (χ2v) is 7.50. The Balaban J connectivity index is 1.58.